The van der Waals surface area contributed by atoms with Crippen LogP contribution < -0.4 is 14.8 Å². The van der Waals surface area contributed by atoms with Crippen molar-refractivity contribution in [3.8, 4) is 23.0 Å². The normalized spacial score (nSPS) is 10.7. The summed E-state index contributed by atoms with van der Waals surface area (Å²) in [6.07, 6.45) is 0. The number of carbonyl (C=O) groups excluding carboxylic acids is 1. The smallest absolute Gasteiger partial charge is 0.273 e. The van der Waals surface area contributed by atoms with E-state index in [9.17, 15) is 14.9 Å². The first-order valence-corrected chi connectivity index (χ1v) is 10.00. The van der Waals surface area contributed by atoms with Crippen molar-refractivity contribution in [1.82, 2.24) is 25.1 Å². The third kappa shape index (κ3) is 4.56. The van der Waals surface area contributed by atoms with Gasteiger partial charge in [0.15, 0.2) is 11.5 Å². The van der Waals surface area contributed by atoms with Gasteiger partial charge in [-0.2, -0.15) is 4.52 Å². The Morgan fingerprint density at radius 2 is 1.97 bits per heavy atom. The zero-order valence-corrected chi connectivity index (χ0v) is 17.9. The van der Waals surface area contributed by atoms with E-state index in [1.54, 1.807) is 36.7 Å². The second-order valence-corrected chi connectivity index (χ2v) is 7.01. The van der Waals surface area contributed by atoms with Crippen molar-refractivity contribution >= 4 is 17.2 Å². The molecule has 1 N–H and O–H groups in total. The quantitative estimate of drug-likeness (QED) is 0.247. The molecular formula is C22H20N6O5. The lowest BCUT2D eigenvalue weighted by Crippen LogP contribution is -2.29. The molecule has 2 heterocycles. The number of fused-ring (bicyclic) bond motifs is 1. The van der Waals surface area contributed by atoms with E-state index in [1.807, 2.05) is 24.3 Å². The average molecular weight is 448 g/mol. The summed E-state index contributed by atoms with van der Waals surface area (Å²) in [7, 11) is 1.59. The maximum Gasteiger partial charge on any atom is 0.273 e. The number of nitrogens with one attached hydrogen (secondary N) is 1. The zero-order valence-electron chi connectivity index (χ0n) is 17.9. The lowest BCUT2D eigenvalue weighted by atomic mass is 10.1. The minimum atomic E-state index is -0.512. The molecule has 0 atom stereocenters. The molecule has 11 heteroatoms. The fourth-order valence-electron chi connectivity index (χ4n) is 3.27. The molecule has 0 bridgehead atoms. The summed E-state index contributed by atoms with van der Waals surface area (Å²) in [4.78, 5) is 23.0. The third-order valence-corrected chi connectivity index (χ3v) is 4.95. The van der Waals surface area contributed by atoms with E-state index in [4.69, 9.17) is 9.47 Å². The number of amides is 1. The van der Waals surface area contributed by atoms with Crippen molar-refractivity contribution in [3.05, 3.63) is 75.8 Å². The number of aromatic nitrogens is 4. The molecule has 0 spiro atoms. The Morgan fingerprint density at radius 1 is 1.15 bits per heavy atom. The Bertz CT molecular complexity index is 1340. The standard InChI is InChI=1S/C22H20N6O5/c1-14-17(7-4-8-18(14)28(30)31)22(29)23-11-12-33-20-10-9-19-24-25-21(27(19)26-20)15-5-3-6-16(13-15)32-2/h3-10,13H,11-12H2,1-2H3,(H,23,29). The first-order valence-electron chi connectivity index (χ1n) is 10.00. The summed E-state index contributed by atoms with van der Waals surface area (Å²) in [5, 5.41) is 26.5. The molecule has 1 amide bonds. The summed E-state index contributed by atoms with van der Waals surface area (Å²) >= 11 is 0. The highest BCUT2D eigenvalue weighted by molar-refractivity contribution is 5.96. The highest BCUT2D eigenvalue weighted by Crippen LogP contribution is 2.23. The van der Waals surface area contributed by atoms with Crippen LogP contribution in [0, 0.1) is 17.0 Å². The van der Waals surface area contributed by atoms with Gasteiger partial charge in [-0.25, -0.2) is 0 Å². The molecule has 2 aromatic heterocycles. The predicted molar refractivity (Wildman–Crippen MR) is 118 cm³/mol. The van der Waals surface area contributed by atoms with Crippen LogP contribution in [-0.2, 0) is 0 Å². The Balaban J connectivity index is 1.41. The summed E-state index contributed by atoms with van der Waals surface area (Å²) in [6, 6.07) is 15.2. The van der Waals surface area contributed by atoms with Gasteiger partial charge in [-0.3, -0.25) is 14.9 Å². The van der Waals surface area contributed by atoms with E-state index < -0.39 is 10.8 Å². The molecular weight excluding hydrogens is 428 g/mol. The number of nitro benzene ring substituents is 1. The van der Waals surface area contributed by atoms with Gasteiger partial charge in [0.05, 0.1) is 18.6 Å². The first-order chi connectivity index (χ1) is 16.0. The Hall–Kier alpha value is -4.54. The molecule has 0 saturated carbocycles. The number of carbonyl (C=O) groups is 1. The molecule has 168 valence electrons. The van der Waals surface area contributed by atoms with Crippen molar-refractivity contribution in [2.45, 2.75) is 6.92 Å². The van der Waals surface area contributed by atoms with Gasteiger partial charge in [-0.1, -0.05) is 18.2 Å². The van der Waals surface area contributed by atoms with Gasteiger partial charge in [0.1, 0.15) is 12.4 Å². The molecule has 11 nitrogen and oxygen atoms in total. The van der Waals surface area contributed by atoms with Crippen molar-refractivity contribution in [2.75, 3.05) is 20.3 Å². The van der Waals surface area contributed by atoms with Crippen LogP contribution >= 0.6 is 0 Å². The predicted octanol–water partition coefficient (Wildman–Crippen LogP) is 2.83. The average Bonchev–Trinajstić information content (AvgIpc) is 3.25. The largest absolute Gasteiger partial charge is 0.497 e. The molecule has 4 aromatic rings. The molecule has 4 rings (SSSR count). The van der Waals surface area contributed by atoms with E-state index in [0.717, 1.165) is 5.56 Å². The van der Waals surface area contributed by atoms with Crippen LogP contribution in [-0.4, -0.2) is 50.9 Å². The van der Waals surface area contributed by atoms with E-state index in [0.29, 0.717) is 28.7 Å². The van der Waals surface area contributed by atoms with Gasteiger partial charge in [-0.15, -0.1) is 15.3 Å². The van der Waals surface area contributed by atoms with Crippen LogP contribution in [0.25, 0.3) is 17.0 Å². The van der Waals surface area contributed by atoms with Crippen LogP contribution in [0.2, 0.25) is 0 Å². The maximum absolute atomic E-state index is 12.4. The Morgan fingerprint density at radius 3 is 2.76 bits per heavy atom. The summed E-state index contributed by atoms with van der Waals surface area (Å²) in [5.74, 6) is 1.13. The number of nitrogens with zero attached hydrogens (tertiary/aromatic N) is 5. The monoisotopic (exact) mass is 448 g/mol. The number of hydrogen-bond acceptors (Lipinski definition) is 8. The summed E-state index contributed by atoms with van der Waals surface area (Å²) in [6.45, 7) is 1.88. The van der Waals surface area contributed by atoms with Gasteiger partial charge < -0.3 is 14.8 Å². The molecule has 0 aliphatic rings. The van der Waals surface area contributed by atoms with E-state index >= 15 is 0 Å². The van der Waals surface area contributed by atoms with Crippen molar-refractivity contribution < 1.29 is 19.2 Å². The summed E-state index contributed by atoms with van der Waals surface area (Å²) in [5.41, 5.74) is 1.79. The van der Waals surface area contributed by atoms with E-state index in [1.165, 1.54) is 12.1 Å². The van der Waals surface area contributed by atoms with Gasteiger partial charge in [0, 0.05) is 28.8 Å². The highest BCUT2D eigenvalue weighted by atomic mass is 16.6. The number of methoxy groups -OCH3 is 1. The van der Waals surface area contributed by atoms with Crippen molar-refractivity contribution in [1.29, 1.82) is 0 Å². The zero-order chi connectivity index (χ0) is 23.4. The van der Waals surface area contributed by atoms with Crippen LogP contribution in [0.3, 0.4) is 0 Å². The molecule has 0 unspecified atom stereocenters. The van der Waals surface area contributed by atoms with E-state index in [2.05, 4.69) is 20.6 Å². The minimum absolute atomic E-state index is 0.0998. The minimum Gasteiger partial charge on any atom is -0.497 e. The van der Waals surface area contributed by atoms with Gasteiger partial charge in [0.2, 0.25) is 5.88 Å². The second-order valence-electron chi connectivity index (χ2n) is 7.01. The SMILES string of the molecule is COc1cccc(-c2nnc3ccc(OCCNC(=O)c4cccc([N+](=O)[O-])c4C)nn23)c1. The molecule has 0 saturated heterocycles. The summed E-state index contributed by atoms with van der Waals surface area (Å²) < 4.78 is 12.5. The Labute approximate surface area is 188 Å². The fourth-order valence-corrected chi connectivity index (χ4v) is 3.27. The maximum atomic E-state index is 12.4. The highest BCUT2D eigenvalue weighted by Gasteiger charge is 2.17. The number of ether oxygens (including phenoxy) is 2. The molecule has 0 aliphatic heterocycles. The number of nitro groups is 1. The third-order valence-electron chi connectivity index (χ3n) is 4.95. The van der Waals surface area contributed by atoms with Gasteiger partial charge in [0.25, 0.3) is 11.6 Å². The van der Waals surface area contributed by atoms with Crippen LogP contribution in [0.1, 0.15) is 15.9 Å². The van der Waals surface area contributed by atoms with Crippen molar-refractivity contribution in [2.24, 2.45) is 0 Å². The van der Waals surface area contributed by atoms with Gasteiger partial charge >= 0.3 is 0 Å². The van der Waals surface area contributed by atoms with Crippen LogP contribution in [0.5, 0.6) is 11.6 Å². The number of benzene rings is 2. The number of hydrogen-bond donors (Lipinski definition) is 1. The second kappa shape index (κ2) is 9.30. The van der Waals surface area contributed by atoms with Gasteiger partial charge in [-0.05, 0) is 31.2 Å². The fraction of sp³-hybridized carbons (Fsp3) is 0.182. The van der Waals surface area contributed by atoms with E-state index in [-0.39, 0.29) is 24.4 Å². The molecule has 0 radical (unpaired) electrons. The topological polar surface area (TPSA) is 134 Å². The molecule has 33 heavy (non-hydrogen) atoms. The van der Waals surface area contributed by atoms with Crippen LogP contribution in [0.15, 0.2) is 54.6 Å². The lowest BCUT2D eigenvalue weighted by Gasteiger charge is -2.09. The number of rotatable bonds is 8. The van der Waals surface area contributed by atoms with Crippen LogP contribution in [0.4, 0.5) is 5.69 Å². The lowest BCUT2D eigenvalue weighted by molar-refractivity contribution is -0.385. The Kier molecular flexibility index (Phi) is 6.11. The molecule has 0 aliphatic carbocycles. The van der Waals surface area contributed by atoms with Crippen molar-refractivity contribution in [3.63, 3.8) is 0 Å². The molecule has 2 aromatic carbocycles. The molecule has 0 fully saturated rings. The first kappa shape index (κ1) is 21.7.